The van der Waals surface area contributed by atoms with Crippen molar-refractivity contribution in [3.63, 3.8) is 0 Å². The Morgan fingerprint density at radius 3 is 1.85 bits per heavy atom. The molecule has 1 unspecified atom stereocenters. The van der Waals surface area contributed by atoms with Crippen LogP contribution in [0.15, 0.2) is 83.1 Å². The Kier molecular flexibility index (Phi) is 12.8. The molecule has 2 aliphatic rings. The van der Waals surface area contributed by atoms with Crippen molar-refractivity contribution < 1.29 is 44.7 Å². The molecule has 0 saturated heterocycles. The third-order valence-electron chi connectivity index (χ3n) is 11.5. The molecule has 0 fully saturated rings. The third kappa shape index (κ3) is 9.80. The summed E-state index contributed by atoms with van der Waals surface area (Å²) in [5.74, 6) is -0.665. The largest absolute Gasteiger partial charge is 0.481 e. The average molecular weight is 959 g/mol. The number of nitrogens with zero attached hydrogens (tertiary/aromatic N) is 6. The van der Waals surface area contributed by atoms with E-state index in [0.717, 1.165) is 17.5 Å². The van der Waals surface area contributed by atoms with Gasteiger partial charge < -0.3 is 20.1 Å². The molecule has 6 aromatic rings. The highest BCUT2D eigenvalue weighted by atomic mass is 32.2. The molecule has 4 N–H and O–H groups in total. The minimum absolute atomic E-state index is 0.129. The van der Waals surface area contributed by atoms with Crippen LogP contribution < -0.4 is 29.6 Å². The first-order valence-electron chi connectivity index (χ1n) is 21.4. The summed E-state index contributed by atoms with van der Waals surface area (Å²) >= 11 is 0. The van der Waals surface area contributed by atoms with E-state index in [2.05, 4.69) is 35.5 Å². The Morgan fingerprint density at radius 2 is 1.28 bits per heavy atom. The number of fused-ring (bicyclic) bond motifs is 2. The summed E-state index contributed by atoms with van der Waals surface area (Å²) < 4.78 is 98.6. The molecule has 2 aromatic carbocycles. The maximum Gasteiger partial charge on any atom is 0.388 e. The van der Waals surface area contributed by atoms with Crippen LogP contribution in [0.4, 0.5) is 29.7 Å². The van der Waals surface area contributed by atoms with E-state index in [1.54, 1.807) is 37.3 Å². The van der Waals surface area contributed by atoms with Gasteiger partial charge in [-0.2, -0.15) is 35.8 Å². The molecule has 0 saturated carbocycles. The smallest absolute Gasteiger partial charge is 0.388 e. The Morgan fingerprint density at radius 1 is 0.716 bits per heavy atom. The van der Waals surface area contributed by atoms with Crippen LogP contribution in [-0.2, 0) is 39.3 Å². The molecule has 0 aliphatic heterocycles. The third-order valence-corrected chi connectivity index (χ3v) is 14.0. The Labute approximate surface area is 385 Å². The summed E-state index contributed by atoms with van der Waals surface area (Å²) in [6.45, 7) is 5.84. The Balaban J connectivity index is 1.18. The van der Waals surface area contributed by atoms with E-state index in [1.807, 2.05) is 44.5 Å². The molecule has 4 amide bonds. The minimum Gasteiger partial charge on any atom is -0.481 e. The summed E-state index contributed by atoms with van der Waals surface area (Å²) in [6.07, 6.45) is 5.72. The molecule has 4 heterocycles. The second-order valence-electron chi connectivity index (χ2n) is 16.7. The summed E-state index contributed by atoms with van der Waals surface area (Å²) in [5.41, 5.74) is 6.36. The molecule has 0 spiro atoms. The van der Waals surface area contributed by atoms with E-state index in [9.17, 15) is 35.2 Å². The van der Waals surface area contributed by atoms with Crippen molar-refractivity contribution >= 4 is 43.5 Å². The maximum atomic E-state index is 14.0. The molecule has 0 bridgehead atoms. The van der Waals surface area contributed by atoms with Gasteiger partial charge in [-0.3, -0.25) is 9.36 Å². The lowest BCUT2D eigenvalue weighted by Crippen LogP contribution is -2.35. The number of carbonyl (C=O) groups excluding carboxylic acids is 2. The van der Waals surface area contributed by atoms with Crippen LogP contribution in [-0.4, -0.2) is 72.1 Å². The van der Waals surface area contributed by atoms with E-state index in [0.29, 0.717) is 82.0 Å². The van der Waals surface area contributed by atoms with Gasteiger partial charge >= 0.3 is 18.7 Å². The van der Waals surface area contributed by atoms with Crippen molar-refractivity contribution in [3.05, 3.63) is 107 Å². The first-order chi connectivity index (χ1) is 31.8. The minimum atomic E-state index is -4.41. The van der Waals surface area contributed by atoms with Crippen LogP contribution in [0.5, 0.6) is 11.8 Å². The van der Waals surface area contributed by atoms with Gasteiger partial charge in [0.25, 0.3) is 20.0 Å². The Bertz CT molecular complexity index is 3140. The molecule has 0 radical (unpaired) electrons. The number of halogens is 2. The molecule has 67 heavy (non-hydrogen) atoms. The number of rotatable bonds is 14. The number of amides is 4. The lowest BCUT2D eigenvalue weighted by atomic mass is 9.91. The molecule has 2 aliphatic carbocycles. The lowest BCUT2D eigenvalue weighted by molar-refractivity contribution is -0.0529. The van der Waals surface area contributed by atoms with E-state index >= 15 is 0 Å². The number of methoxy groups -OCH3 is 1. The van der Waals surface area contributed by atoms with Gasteiger partial charge in [0.15, 0.2) is 10.1 Å². The molecular weight excluding hydrogens is 911 g/mol. The zero-order chi connectivity index (χ0) is 47.9. The van der Waals surface area contributed by atoms with Gasteiger partial charge in [-0.25, -0.2) is 29.0 Å². The van der Waals surface area contributed by atoms with Crippen LogP contribution in [0.1, 0.15) is 92.2 Å². The molecule has 8 rings (SSSR count). The molecule has 4 aromatic heterocycles. The van der Waals surface area contributed by atoms with E-state index in [-0.39, 0.29) is 27.8 Å². The fourth-order valence-corrected chi connectivity index (χ4v) is 10.2. The van der Waals surface area contributed by atoms with Gasteiger partial charge in [0, 0.05) is 59.3 Å². The fraction of sp³-hybridized carbons (Fsp3) is 0.333. The number of anilines is 2. The summed E-state index contributed by atoms with van der Waals surface area (Å²) in [7, 11) is -7.34. The quantitative estimate of drug-likeness (QED) is 0.0817. The van der Waals surface area contributed by atoms with Gasteiger partial charge in [0.1, 0.15) is 0 Å². The Hall–Kier alpha value is -6.94. The molecule has 352 valence electrons. The monoisotopic (exact) mass is 958 g/mol. The average Bonchev–Trinajstić information content (AvgIpc) is 4.10. The maximum absolute atomic E-state index is 14.0. The van der Waals surface area contributed by atoms with Crippen molar-refractivity contribution in [2.75, 3.05) is 17.7 Å². The summed E-state index contributed by atoms with van der Waals surface area (Å²) in [4.78, 5) is 36.2. The zero-order valence-corrected chi connectivity index (χ0v) is 38.9. The van der Waals surface area contributed by atoms with E-state index in [1.165, 1.54) is 47.1 Å². The number of aromatic nitrogens is 6. The molecule has 1 atom stereocenters. The molecule has 22 heteroatoms. The van der Waals surface area contributed by atoms with Crippen LogP contribution in [0.25, 0.3) is 22.3 Å². The summed E-state index contributed by atoms with van der Waals surface area (Å²) in [6, 6.07) is 13.9. The number of alkyl halides is 2. The number of benzene rings is 2. The number of carbonyl (C=O) groups is 2. The number of hydrogen-bond acceptors (Lipinski definition) is 12. The number of ether oxygens (including phenoxy) is 2. The first kappa shape index (κ1) is 46.6. The van der Waals surface area contributed by atoms with E-state index in [4.69, 9.17) is 9.47 Å². The highest BCUT2D eigenvalue weighted by molar-refractivity contribution is 7.90. The highest BCUT2D eigenvalue weighted by Gasteiger charge is 2.33. The molecular formula is C45H48F2N10O8S2. The van der Waals surface area contributed by atoms with Gasteiger partial charge in [-0.15, -0.1) is 0 Å². The topological polar surface area (TPSA) is 230 Å². The lowest BCUT2D eigenvalue weighted by Gasteiger charge is -2.20. The van der Waals surface area contributed by atoms with Gasteiger partial charge in [-0.05, 0) is 124 Å². The fourth-order valence-electron chi connectivity index (χ4n) is 8.48. The number of hydrogen-bond donors (Lipinski definition) is 4. The number of pyridine rings is 2. The summed E-state index contributed by atoms with van der Waals surface area (Å²) in [5, 5.41) is 13.0. The second kappa shape index (κ2) is 18.4. The number of urea groups is 2. The SMILES string of the molecule is COc1cc(-c2ccc3c(c2NC(=O)NS(=O)(=O)c2ccn(C(C)C)n2)CCC3c2cc(-c3ccc4c(c3NC(=O)NS(=O)(=O)c3ccn(C(C)C)n3)CCC4)cc(OC(F)F)n2)cc(C)n1. The van der Waals surface area contributed by atoms with Crippen LogP contribution in [0, 0.1) is 6.92 Å². The van der Waals surface area contributed by atoms with Gasteiger partial charge in [-0.1, -0.05) is 24.3 Å². The highest BCUT2D eigenvalue weighted by Crippen LogP contribution is 2.47. The predicted octanol–water partition coefficient (Wildman–Crippen LogP) is 7.87. The van der Waals surface area contributed by atoms with Crippen molar-refractivity contribution in [1.82, 2.24) is 39.0 Å². The second-order valence-corrected chi connectivity index (χ2v) is 20.0. The van der Waals surface area contributed by atoms with Crippen LogP contribution in [0.3, 0.4) is 0 Å². The van der Waals surface area contributed by atoms with Crippen molar-refractivity contribution in [1.29, 1.82) is 0 Å². The number of aryl methyl sites for hydroxylation is 2. The zero-order valence-electron chi connectivity index (χ0n) is 37.3. The first-order valence-corrected chi connectivity index (χ1v) is 24.4. The van der Waals surface area contributed by atoms with Gasteiger partial charge in [0.05, 0.1) is 24.2 Å². The van der Waals surface area contributed by atoms with Crippen molar-refractivity contribution in [2.24, 2.45) is 0 Å². The number of sulfonamides is 2. The van der Waals surface area contributed by atoms with Gasteiger partial charge in [0.2, 0.25) is 11.8 Å². The van der Waals surface area contributed by atoms with Crippen molar-refractivity contribution in [2.45, 2.75) is 101 Å². The number of nitrogens with one attached hydrogen (secondary N) is 4. The predicted molar refractivity (Wildman–Crippen MR) is 243 cm³/mol. The van der Waals surface area contributed by atoms with Crippen molar-refractivity contribution in [3.8, 4) is 34.0 Å². The van der Waals surface area contributed by atoms with Crippen LogP contribution >= 0.6 is 0 Å². The van der Waals surface area contributed by atoms with E-state index < -0.39 is 50.5 Å². The normalized spacial score (nSPS) is 14.6. The van der Waals surface area contributed by atoms with Crippen LogP contribution in [0.2, 0.25) is 0 Å². The molecule has 18 nitrogen and oxygen atoms in total. The standard InChI is InChI=1S/C45H48F2N10O8S2/c1-24(2)56-18-16-39(52-56)66(60,61)54-44(58)50-41-30-9-7-8-27(30)10-11-31(41)29-21-36(49-38(23-29)65-43(46)47)34-14-15-35-33(34)13-12-32(28-20-26(5)48-37(22-28)64-6)42(35)51-45(59)55-67(62,63)40-17-19-57(53-40)25(3)4/h10-13,16-25,34,43H,7-9,14-15H2,1-6H3,(H2,50,54,58)(H2,51,55,59).